The lowest BCUT2D eigenvalue weighted by atomic mass is 9.71. The summed E-state index contributed by atoms with van der Waals surface area (Å²) in [5.41, 5.74) is 0.756. The quantitative estimate of drug-likeness (QED) is 0.458. The van der Waals surface area contributed by atoms with Crippen LogP contribution < -0.4 is 0 Å². The molecular weight excluding hydrogens is 332 g/mol. The lowest BCUT2D eigenvalue weighted by Gasteiger charge is -2.54. The number of carbonyl (C=O) groups is 1. The molecule has 2 rings (SSSR count). The van der Waals surface area contributed by atoms with E-state index in [1.165, 1.54) is 64.6 Å². The van der Waals surface area contributed by atoms with Gasteiger partial charge in [0.25, 0.3) is 0 Å². The van der Waals surface area contributed by atoms with Crippen LogP contribution in [0.25, 0.3) is 0 Å². The largest absolute Gasteiger partial charge is 0.341 e. The van der Waals surface area contributed by atoms with Crippen LogP contribution in [0.2, 0.25) is 0 Å². The maximum absolute atomic E-state index is 12.5. The van der Waals surface area contributed by atoms with Crippen LogP contribution in [0.3, 0.4) is 0 Å². The van der Waals surface area contributed by atoms with E-state index in [-0.39, 0.29) is 0 Å². The van der Waals surface area contributed by atoms with Crippen molar-refractivity contribution in [3.8, 4) is 0 Å². The molecule has 1 atom stereocenters. The molecule has 1 unspecified atom stereocenters. The summed E-state index contributed by atoms with van der Waals surface area (Å²) in [5.74, 6) is 1.29. The molecule has 0 aromatic heterocycles. The minimum absolute atomic E-state index is 0.302. The van der Waals surface area contributed by atoms with E-state index >= 15 is 0 Å². The third-order valence-electron chi connectivity index (χ3n) is 7.47. The van der Waals surface area contributed by atoms with Crippen molar-refractivity contribution >= 4 is 5.91 Å². The maximum atomic E-state index is 12.5. The topological polar surface area (TPSA) is 23.6 Å². The van der Waals surface area contributed by atoms with Gasteiger partial charge in [0.05, 0.1) is 0 Å². The molecular formula is C24H46N2O. The summed E-state index contributed by atoms with van der Waals surface area (Å²) in [4.78, 5) is 17.4. The smallest absolute Gasteiger partial charge is 0.222 e. The molecule has 0 aromatic carbocycles. The van der Waals surface area contributed by atoms with Gasteiger partial charge in [0.2, 0.25) is 5.91 Å². The molecule has 2 fully saturated rings. The first kappa shape index (κ1) is 22.7. The minimum Gasteiger partial charge on any atom is -0.341 e. The second-order valence-electron chi connectivity index (χ2n) is 10.4. The predicted octanol–water partition coefficient (Wildman–Crippen LogP) is 5.73. The summed E-state index contributed by atoms with van der Waals surface area (Å²) in [5, 5.41) is 0. The van der Waals surface area contributed by atoms with Gasteiger partial charge in [-0.25, -0.2) is 0 Å². The number of carbonyl (C=O) groups excluding carboxylic acids is 1. The van der Waals surface area contributed by atoms with Gasteiger partial charge in [-0.2, -0.15) is 0 Å². The van der Waals surface area contributed by atoms with E-state index in [0.29, 0.717) is 16.7 Å². The Kier molecular flexibility index (Phi) is 8.65. The van der Waals surface area contributed by atoms with Crippen molar-refractivity contribution in [3.05, 3.63) is 0 Å². The summed E-state index contributed by atoms with van der Waals surface area (Å²) < 4.78 is 0. The Balaban J connectivity index is 1.69. The van der Waals surface area contributed by atoms with Crippen molar-refractivity contribution in [3.63, 3.8) is 0 Å². The molecule has 1 spiro atoms. The molecule has 0 radical (unpaired) electrons. The molecule has 2 aliphatic heterocycles. The van der Waals surface area contributed by atoms with Crippen LogP contribution in [-0.2, 0) is 4.79 Å². The number of unbranched alkanes of at least 4 members (excludes halogenated alkanes) is 1. The fourth-order valence-electron chi connectivity index (χ4n) is 4.84. The first-order valence-electron chi connectivity index (χ1n) is 11.8. The third kappa shape index (κ3) is 6.76. The molecule has 2 heterocycles. The van der Waals surface area contributed by atoms with Gasteiger partial charge in [-0.15, -0.1) is 0 Å². The number of amides is 1. The van der Waals surface area contributed by atoms with E-state index in [2.05, 4.69) is 44.4 Å². The van der Waals surface area contributed by atoms with Gasteiger partial charge in [0.15, 0.2) is 0 Å². The SMILES string of the molecule is CCCCC(CCC)CN1CCC2(CC1)CN(C(=O)CCC(C)(C)CC)C2. The van der Waals surface area contributed by atoms with Gasteiger partial charge in [0.1, 0.15) is 0 Å². The lowest BCUT2D eigenvalue weighted by Crippen LogP contribution is -2.62. The molecule has 0 aromatic rings. The molecule has 158 valence electrons. The standard InChI is InChI=1S/C24H46N2O/c1-6-9-11-21(10-7-2)18-25-16-14-24(15-17-25)19-26(20-24)22(27)12-13-23(4,5)8-3/h21H,6-20H2,1-5H3. The molecule has 3 nitrogen and oxygen atoms in total. The van der Waals surface area contributed by atoms with Gasteiger partial charge >= 0.3 is 0 Å². The Bertz CT molecular complexity index is 443. The molecule has 2 saturated heterocycles. The molecule has 0 bridgehead atoms. The van der Waals surface area contributed by atoms with E-state index in [9.17, 15) is 4.79 Å². The lowest BCUT2D eigenvalue weighted by molar-refractivity contribution is -0.147. The molecule has 1 amide bonds. The van der Waals surface area contributed by atoms with Crippen LogP contribution in [0.4, 0.5) is 0 Å². The Morgan fingerprint density at radius 2 is 1.70 bits per heavy atom. The normalized spacial score (nSPS) is 21.3. The van der Waals surface area contributed by atoms with Crippen molar-refractivity contribution in [2.75, 3.05) is 32.7 Å². The molecule has 3 heteroatoms. The van der Waals surface area contributed by atoms with E-state index in [0.717, 1.165) is 38.3 Å². The highest BCUT2D eigenvalue weighted by Crippen LogP contribution is 2.41. The van der Waals surface area contributed by atoms with Gasteiger partial charge in [0, 0.05) is 31.5 Å². The average Bonchev–Trinajstić information content (AvgIpc) is 2.63. The Morgan fingerprint density at radius 1 is 1.04 bits per heavy atom. The zero-order valence-electron chi connectivity index (χ0n) is 19.0. The predicted molar refractivity (Wildman–Crippen MR) is 116 cm³/mol. The monoisotopic (exact) mass is 378 g/mol. The molecule has 27 heavy (non-hydrogen) atoms. The Hall–Kier alpha value is -0.570. The molecule has 0 saturated carbocycles. The van der Waals surface area contributed by atoms with E-state index < -0.39 is 0 Å². The summed E-state index contributed by atoms with van der Waals surface area (Å²) in [7, 11) is 0. The number of hydrogen-bond donors (Lipinski definition) is 0. The third-order valence-corrected chi connectivity index (χ3v) is 7.47. The fraction of sp³-hybridized carbons (Fsp3) is 0.958. The number of rotatable bonds is 11. The van der Waals surface area contributed by atoms with Crippen molar-refractivity contribution in [2.24, 2.45) is 16.7 Å². The zero-order chi connectivity index (χ0) is 19.9. The Morgan fingerprint density at radius 3 is 2.26 bits per heavy atom. The summed E-state index contributed by atoms with van der Waals surface area (Å²) >= 11 is 0. The number of hydrogen-bond acceptors (Lipinski definition) is 2. The highest BCUT2D eigenvalue weighted by molar-refractivity contribution is 5.77. The molecule has 2 aliphatic rings. The van der Waals surface area contributed by atoms with Crippen LogP contribution >= 0.6 is 0 Å². The van der Waals surface area contributed by atoms with Crippen LogP contribution in [0.15, 0.2) is 0 Å². The van der Waals surface area contributed by atoms with Crippen LogP contribution in [0.5, 0.6) is 0 Å². The number of likely N-dealkylation sites (tertiary alicyclic amines) is 2. The number of nitrogens with zero attached hydrogens (tertiary/aromatic N) is 2. The summed E-state index contributed by atoms with van der Waals surface area (Å²) in [6.45, 7) is 17.3. The van der Waals surface area contributed by atoms with Gasteiger partial charge in [-0.3, -0.25) is 4.79 Å². The van der Waals surface area contributed by atoms with Crippen molar-refractivity contribution in [1.82, 2.24) is 9.80 Å². The molecule has 0 aliphatic carbocycles. The summed E-state index contributed by atoms with van der Waals surface area (Å²) in [6.07, 6.45) is 12.3. The average molecular weight is 379 g/mol. The van der Waals surface area contributed by atoms with Gasteiger partial charge < -0.3 is 9.80 Å². The second-order valence-corrected chi connectivity index (χ2v) is 10.4. The van der Waals surface area contributed by atoms with Gasteiger partial charge in [-0.1, -0.05) is 60.3 Å². The van der Waals surface area contributed by atoms with Crippen molar-refractivity contribution in [1.29, 1.82) is 0 Å². The molecule has 0 N–H and O–H groups in total. The van der Waals surface area contributed by atoms with Crippen molar-refractivity contribution < 1.29 is 4.79 Å². The minimum atomic E-state index is 0.302. The van der Waals surface area contributed by atoms with Crippen LogP contribution in [-0.4, -0.2) is 48.4 Å². The van der Waals surface area contributed by atoms with E-state index in [1.807, 2.05) is 0 Å². The van der Waals surface area contributed by atoms with Crippen molar-refractivity contribution in [2.45, 2.75) is 98.8 Å². The first-order valence-corrected chi connectivity index (χ1v) is 11.8. The maximum Gasteiger partial charge on any atom is 0.222 e. The van der Waals surface area contributed by atoms with Gasteiger partial charge in [-0.05, 0) is 56.5 Å². The fourth-order valence-corrected chi connectivity index (χ4v) is 4.84. The van der Waals surface area contributed by atoms with Crippen LogP contribution in [0.1, 0.15) is 98.8 Å². The highest BCUT2D eigenvalue weighted by atomic mass is 16.2. The highest BCUT2D eigenvalue weighted by Gasteiger charge is 2.46. The Labute approximate surface area is 169 Å². The van der Waals surface area contributed by atoms with E-state index in [4.69, 9.17) is 0 Å². The second kappa shape index (κ2) is 10.3. The first-order chi connectivity index (χ1) is 12.8. The number of piperidine rings is 1. The summed E-state index contributed by atoms with van der Waals surface area (Å²) in [6, 6.07) is 0. The van der Waals surface area contributed by atoms with E-state index in [1.54, 1.807) is 0 Å². The van der Waals surface area contributed by atoms with Crippen LogP contribution in [0, 0.1) is 16.7 Å². The zero-order valence-corrected chi connectivity index (χ0v) is 19.0.